The number of hydrogen-bond acceptors (Lipinski definition) is 4. The number of aliphatic imine (C=N–C) groups is 1. The first-order valence-electron chi connectivity index (χ1n) is 11.7. The molecule has 170 valence electrons. The van der Waals surface area contributed by atoms with Crippen LogP contribution in [0.25, 0.3) is 0 Å². The van der Waals surface area contributed by atoms with Gasteiger partial charge in [0.05, 0.1) is 18.4 Å². The Bertz CT molecular complexity index is 646. The van der Waals surface area contributed by atoms with E-state index in [4.69, 9.17) is 14.1 Å². The maximum atomic E-state index is 6.22. The molecule has 1 saturated carbocycles. The largest absolute Gasteiger partial charge is 0.469 e. The van der Waals surface area contributed by atoms with E-state index in [0.717, 1.165) is 57.2 Å². The second-order valence-electron chi connectivity index (χ2n) is 8.94. The van der Waals surface area contributed by atoms with E-state index >= 15 is 0 Å². The second kappa shape index (κ2) is 11.7. The molecule has 2 unspecified atom stereocenters. The smallest absolute Gasteiger partial charge is 0.191 e. The molecular weight excluding hydrogens is 491 g/mol. The third-order valence-corrected chi connectivity index (χ3v) is 6.96. The van der Waals surface area contributed by atoms with Gasteiger partial charge < -0.3 is 19.8 Å². The molecule has 2 atom stereocenters. The van der Waals surface area contributed by atoms with Gasteiger partial charge in [-0.05, 0) is 63.7 Å². The van der Waals surface area contributed by atoms with Crippen LogP contribution >= 0.6 is 24.0 Å². The molecule has 4 rings (SSSR count). The topological polar surface area (TPSA) is 62.0 Å². The van der Waals surface area contributed by atoms with Crippen molar-refractivity contribution in [2.45, 2.75) is 82.4 Å². The number of likely N-dealkylation sites (tertiary alicyclic amines) is 1. The number of guanidine groups is 1. The van der Waals surface area contributed by atoms with Crippen molar-refractivity contribution >= 4 is 29.9 Å². The number of halogens is 1. The summed E-state index contributed by atoms with van der Waals surface area (Å²) in [7, 11) is 0. The van der Waals surface area contributed by atoms with E-state index < -0.39 is 0 Å². The average molecular weight is 530 g/mol. The van der Waals surface area contributed by atoms with Crippen LogP contribution in [0.1, 0.15) is 64.1 Å². The van der Waals surface area contributed by atoms with Gasteiger partial charge in [0.1, 0.15) is 5.76 Å². The molecule has 0 aromatic carbocycles. The number of nitrogens with zero attached hydrogens (tertiary/aromatic N) is 2. The molecule has 30 heavy (non-hydrogen) atoms. The summed E-state index contributed by atoms with van der Waals surface area (Å²) in [6.07, 6.45) is 12.4. The van der Waals surface area contributed by atoms with Crippen molar-refractivity contribution in [3.8, 4) is 0 Å². The fourth-order valence-corrected chi connectivity index (χ4v) is 5.34. The molecule has 2 aliphatic heterocycles. The van der Waals surface area contributed by atoms with E-state index in [0.29, 0.717) is 12.1 Å². The van der Waals surface area contributed by atoms with Gasteiger partial charge in [-0.15, -0.1) is 24.0 Å². The highest BCUT2D eigenvalue weighted by atomic mass is 127. The van der Waals surface area contributed by atoms with Crippen LogP contribution in [-0.2, 0) is 11.2 Å². The van der Waals surface area contributed by atoms with Crippen molar-refractivity contribution in [3.05, 3.63) is 24.2 Å². The lowest BCUT2D eigenvalue weighted by Crippen LogP contribution is -2.51. The Kier molecular flexibility index (Phi) is 9.32. The fraction of sp³-hybridized carbons (Fsp3) is 0.783. The van der Waals surface area contributed by atoms with Gasteiger partial charge in [0.25, 0.3) is 0 Å². The molecule has 3 aliphatic rings. The Morgan fingerprint density at radius 1 is 1.27 bits per heavy atom. The Morgan fingerprint density at radius 3 is 2.90 bits per heavy atom. The Labute approximate surface area is 198 Å². The molecule has 1 aromatic rings. The van der Waals surface area contributed by atoms with Gasteiger partial charge in [0.15, 0.2) is 5.96 Å². The zero-order chi connectivity index (χ0) is 19.9. The minimum absolute atomic E-state index is 0. The zero-order valence-electron chi connectivity index (χ0n) is 18.4. The maximum absolute atomic E-state index is 6.22. The quantitative estimate of drug-likeness (QED) is 0.318. The molecule has 0 radical (unpaired) electrons. The highest BCUT2D eigenvalue weighted by Crippen LogP contribution is 2.39. The van der Waals surface area contributed by atoms with Gasteiger partial charge in [-0.3, -0.25) is 9.89 Å². The third-order valence-electron chi connectivity index (χ3n) is 6.96. The average Bonchev–Trinajstić information content (AvgIpc) is 3.48. The summed E-state index contributed by atoms with van der Waals surface area (Å²) < 4.78 is 11.7. The molecule has 3 fully saturated rings. The molecule has 1 spiro atoms. The summed E-state index contributed by atoms with van der Waals surface area (Å²) in [6.45, 7) is 7.16. The van der Waals surface area contributed by atoms with Crippen molar-refractivity contribution in [2.24, 2.45) is 4.99 Å². The zero-order valence-corrected chi connectivity index (χ0v) is 20.7. The van der Waals surface area contributed by atoms with Crippen molar-refractivity contribution < 1.29 is 9.15 Å². The van der Waals surface area contributed by atoms with Crippen LogP contribution in [0.4, 0.5) is 0 Å². The van der Waals surface area contributed by atoms with E-state index in [1.165, 1.54) is 45.1 Å². The number of nitrogens with one attached hydrogen (secondary N) is 2. The molecule has 0 bridgehead atoms. The second-order valence-corrected chi connectivity index (χ2v) is 8.94. The lowest BCUT2D eigenvalue weighted by atomic mass is 9.89. The number of rotatable bonds is 7. The summed E-state index contributed by atoms with van der Waals surface area (Å²) in [4.78, 5) is 7.57. The van der Waals surface area contributed by atoms with Crippen molar-refractivity contribution in [1.29, 1.82) is 0 Å². The lowest BCUT2D eigenvalue weighted by Gasteiger charge is -2.39. The molecule has 2 saturated heterocycles. The Morgan fingerprint density at radius 2 is 2.13 bits per heavy atom. The molecular formula is C23H39IN4O2. The van der Waals surface area contributed by atoms with Crippen LogP contribution < -0.4 is 10.6 Å². The van der Waals surface area contributed by atoms with Crippen LogP contribution in [0.3, 0.4) is 0 Å². The van der Waals surface area contributed by atoms with Crippen LogP contribution in [0.15, 0.2) is 27.8 Å². The van der Waals surface area contributed by atoms with Crippen molar-refractivity contribution in [3.63, 3.8) is 0 Å². The first-order chi connectivity index (χ1) is 14.3. The normalized spacial score (nSPS) is 26.6. The highest BCUT2D eigenvalue weighted by Gasteiger charge is 2.40. The van der Waals surface area contributed by atoms with Gasteiger partial charge in [0.2, 0.25) is 0 Å². The first kappa shape index (κ1) is 23.9. The van der Waals surface area contributed by atoms with E-state index in [-0.39, 0.29) is 29.6 Å². The standard InChI is InChI=1S/C23H38N4O2.HI/c1-2-27-14-5-7-20(27)18-25-22(24-13-9-21-8-6-15-28-21)26-19-10-16-29-23(17-19)11-3-4-12-23;/h6,8,15,19-20H,2-5,7,9-14,16-18H2,1H3,(H2,24,25,26);1H. The van der Waals surface area contributed by atoms with Crippen molar-refractivity contribution in [1.82, 2.24) is 15.5 Å². The molecule has 3 heterocycles. The number of ether oxygens (including phenoxy) is 1. The minimum atomic E-state index is 0. The number of furan rings is 1. The number of likely N-dealkylation sites (N-methyl/N-ethyl adjacent to an activating group) is 1. The van der Waals surface area contributed by atoms with E-state index in [9.17, 15) is 0 Å². The van der Waals surface area contributed by atoms with Crippen LogP contribution in [0.5, 0.6) is 0 Å². The Balaban J connectivity index is 0.00000256. The van der Waals surface area contributed by atoms with Crippen LogP contribution in [0, 0.1) is 0 Å². The predicted octanol–water partition coefficient (Wildman–Crippen LogP) is 3.95. The monoisotopic (exact) mass is 530 g/mol. The van der Waals surface area contributed by atoms with E-state index in [2.05, 4.69) is 22.5 Å². The van der Waals surface area contributed by atoms with Gasteiger partial charge in [-0.25, -0.2) is 0 Å². The van der Waals surface area contributed by atoms with Gasteiger partial charge in [0, 0.05) is 31.7 Å². The molecule has 2 N–H and O–H groups in total. The SMILES string of the molecule is CCN1CCCC1CN=C(NCCc1ccco1)NC1CCOC2(CCCC2)C1.I. The molecule has 1 aromatic heterocycles. The first-order valence-corrected chi connectivity index (χ1v) is 11.7. The molecule has 0 amide bonds. The van der Waals surface area contributed by atoms with E-state index in [1.807, 2.05) is 12.1 Å². The summed E-state index contributed by atoms with van der Waals surface area (Å²) in [5.74, 6) is 1.97. The molecule has 7 heteroatoms. The lowest BCUT2D eigenvalue weighted by molar-refractivity contribution is -0.0815. The van der Waals surface area contributed by atoms with Crippen LogP contribution in [-0.4, -0.2) is 61.3 Å². The molecule has 1 aliphatic carbocycles. The predicted molar refractivity (Wildman–Crippen MR) is 132 cm³/mol. The molecule has 6 nitrogen and oxygen atoms in total. The van der Waals surface area contributed by atoms with Gasteiger partial charge in [-0.2, -0.15) is 0 Å². The van der Waals surface area contributed by atoms with Crippen LogP contribution in [0.2, 0.25) is 0 Å². The third kappa shape index (κ3) is 6.36. The summed E-state index contributed by atoms with van der Waals surface area (Å²) in [6, 6.07) is 5.01. The summed E-state index contributed by atoms with van der Waals surface area (Å²) >= 11 is 0. The van der Waals surface area contributed by atoms with Crippen molar-refractivity contribution in [2.75, 3.05) is 32.8 Å². The summed E-state index contributed by atoms with van der Waals surface area (Å²) in [5, 5.41) is 7.31. The maximum Gasteiger partial charge on any atom is 0.191 e. The highest BCUT2D eigenvalue weighted by molar-refractivity contribution is 14.0. The van der Waals surface area contributed by atoms with Gasteiger partial charge >= 0.3 is 0 Å². The fourth-order valence-electron chi connectivity index (χ4n) is 5.34. The summed E-state index contributed by atoms with van der Waals surface area (Å²) in [5.41, 5.74) is 0.125. The van der Waals surface area contributed by atoms with Gasteiger partial charge in [-0.1, -0.05) is 19.8 Å². The Hall–Kier alpha value is -0.800. The number of hydrogen-bond donors (Lipinski definition) is 2. The minimum Gasteiger partial charge on any atom is -0.469 e. The van der Waals surface area contributed by atoms with E-state index in [1.54, 1.807) is 6.26 Å².